The summed E-state index contributed by atoms with van der Waals surface area (Å²) in [6.07, 6.45) is 3.12. The molecule has 0 spiro atoms. The van der Waals surface area contributed by atoms with E-state index in [1.807, 2.05) is 12.1 Å². The van der Waals surface area contributed by atoms with Gasteiger partial charge in [0.25, 0.3) is 10.0 Å². The summed E-state index contributed by atoms with van der Waals surface area (Å²) in [4.78, 5) is 3.81. The van der Waals surface area contributed by atoms with Crippen LogP contribution in [-0.2, 0) is 23.5 Å². The molecular weight excluding hydrogens is 318 g/mol. The van der Waals surface area contributed by atoms with Gasteiger partial charge in [0, 0.05) is 26.2 Å². The molecule has 0 amide bonds. The van der Waals surface area contributed by atoms with Gasteiger partial charge in [-0.2, -0.15) is 0 Å². The first-order valence-electron chi connectivity index (χ1n) is 7.05. The number of sulfonamides is 1. The molecule has 0 aliphatic heterocycles. The highest BCUT2D eigenvalue weighted by atomic mass is 32.2. The molecule has 0 bridgehead atoms. The lowest BCUT2D eigenvalue weighted by Gasteiger charge is -2.23. The van der Waals surface area contributed by atoms with E-state index in [9.17, 15) is 13.5 Å². The van der Waals surface area contributed by atoms with Crippen molar-refractivity contribution in [2.45, 2.75) is 24.0 Å². The fraction of sp³-hybridized carbons (Fsp3) is 0.400. The van der Waals surface area contributed by atoms with Crippen molar-refractivity contribution in [3.8, 4) is 5.75 Å². The molecule has 1 aromatic carbocycles. The van der Waals surface area contributed by atoms with Gasteiger partial charge in [0.15, 0.2) is 5.03 Å². The molecule has 7 nitrogen and oxygen atoms in total. The molecule has 23 heavy (non-hydrogen) atoms. The summed E-state index contributed by atoms with van der Waals surface area (Å²) < 4.78 is 33.2. The van der Waals surface area contributed by atoms with Crippen molar-refractivity contribution < 1.29 is 18.3 Å². The summed E-state index contributed by atoms with van der Waals surface area (Å²) in [5.41, 5.74) is -0.344. The third-order valence-corrected chi connectivity index (χ3v) is 4.63. The summed E-state index contributed by atoms with van der Waals surface area (Å²) in [6.45, 7) is 1.47. The number of imidazole rings is 1. The summed E-state index contributed by atoms with van der Waals surface area (Å²) in [5.74, 6) is 0.726. The summed E-state index contributed by atoms with van der Waals surface area (Å²) >= 11 is 0. The maximum atomic E-state index is 12.1. The Hall–Kier alpha value is -1.90. The van der Waals surface area contributed by atoms with E-state index in [0.29, 0.717) is 6.42 Å². The number of aromatic nitrogens is 2. The number of rotatable bonds is 7. The number of benzene rings is 1. The molecule has 0 radical (unpaired) electrons. The molecule has 0 aliphatic carbocycles. The minimum Gasteiger partial charge on any atom is -0.497 e. The van der Waals surface area contributed by atoms with E-state index in [2.05, 4.69) is 9.71 Å². The van der Waals surface area contributed by atoms with Crippen LogP contribution in [0.1, 0.15) is 12.5 Å². The molecule has 126 valence electrons. The fourth-order valence-corrected chi connectivity index (χ4v) is 3.24. The highest BCUT2D eigenvalue weighted by Gasteiger charge is 2.25. The maximum absolute atomic E-state index is 12.1. The summed E-state index contributed by atoms with van der Waals surface area (Å²) in [5, 5.41) is 10.4. The van der Waals surface area contributed by atoms with Gasteiger partial charge in [-0.3, -0.25) is 0 Å². The van der Waals surface area contributed by atoms with Crippen LogP contribution in [0.15, 0.2) is 41.8 Å². The van der Waals surface area contributed by atoms with Crippen LogP contribution in [-0.4, -0.2) is 42.3 Å². The molecule has 0 unspecified atom stereocenters. The second-order valence-corrected chi connectivity index (χ2v) is 7.44. The van der Waals surface area contributed by atoms with E-state index in [4.69, 9.17) is 4.74 Å². The zero-order valence-electron chi connectivity index (χ0n) is 13.4. The summed E-state index contributed by atoms with van der Waals surface area (Å²) in [6, 6.07) is 7.26. The Morgan fingerprint density at radius 1 is 1.35 bits per heavy atom. The number of ether oxygens (including phenoxy) is 1. The Morgan fingerprint density at radius 3 is 2.52 bits per heavy atom. The van der Waals surface area contributed by atoms with Crippen molar-refractivity contribution in [2.75, 3.05) is 13.7 Å². The van der Waals surface area contributed by atoms with E-state index < -0.39 is 15.6 Å². The number of hydrogen-bond donors (Lipinski definition) is 2. The molecule has 0 saturated heterocycles. The van der Waals surface area contributed by atoms with Crippen molar-refractivity contribution in [3.05, 3.63) is 42.4 Å². The zero-order chi connectivity index (χ0) is 17.1. The first-order chi connectivity index (χ1) is 10.7. The minimum atomic E-state index is -3.74. The molecule has 2 rings (SSSR count). The molecular formula is C15H21N3O4S. The number of hydrogen-bond acceptors (Lipinski definition) is 5. The molecule has 2 N–H and O–H groups in total. The van der Waals surface area contributed by atoms with E-state index in [1.54, 1.807) is 37.8 Å². The molecule has 1 atom stereocenters. The van der Waals surface area contributed by atoms with Gasteiger partial charge in [-0.15, -0.1) is 0 Å². The van der Waals surface area contributed by atoms with Gasteiger partial charge in [0.1, 0.15) is 5.75 Å². The van der Waals surface area contributed by atoms with Crippen molar-refractivity contribution in [1.29, 1.82) is 0 Å². The minimum absolute atomic E-state index is 0.0692. The van der Waals surface area contributed by atoms with Crippen molar-refractivity contribution in [2.24, 2.45) is 7.05 Å². The Balaban J connectivity index is 2.00. The Labute approximate surface area is 136 Å². The SMILES string of the molecule is COc1ccc(C[C@](C)(O)CNS(=O)(=O)c2cn(C)cn2)cc1. The van der Waals surface area contributed by atoms with Crippen LogP contribution in [0.4, 0.5) is 0 Å². The average molecular weight is 339 g/mol. The van der Waals surface area contributed by atoms with Crippen LogP contribution < -0.4 is 9.46 Å². The highest BCUT2D eigenvalue weighted by Crippen LogP contribution is 2.17. The number of aryl methyl sites for hydroxylation is 1. The van der Waals surface area contributed by atoms with E-state index in [-0.39, 0.29) is 11.6 Å². The van der Waals surface area contributed by atoms with Gasteiger partial charge in [-0.05, 0) is 24.6 Å². The van der Waals surface area contributed by atoms with Gasteiger partial charge in [0.05, 0.1) is 19.0 Å². The van der Waals surface area contributed by atoms with Crippen LogP contribution >= 0.6 is 0 Å². The fourth-order valence-electron chi connectivity index (χ4n) is 2.10. The van der Waals surface area contributed by atoms with Gasteiger partial charge < -0.3 is 14.4 Å². The highest BCUT2D eigenvalue weighted by molar-refractivity contribution is 7.89. The van der Waals surface area contributed by atoms with Gasteiger partial charge in [-0.25, -0.2) is 18.1 Å². The third-order valence-electron chi connectivity index (χ3n) is 3.34. The Kier molecular flexibility index (Phi) is 5.08. The predicted octanol–water partition coefficient (Wildman–Crippen LogP) is 0.701. The lowest BCUT2D eigenvalue weighted by molar-refractivity contribution is 0.0657. The third kappa shape index (κ3) is 4.78. The first kappa shape index (κ1) is 17.5. The Bertz CT molecular complexity index is 751. The van der Waals surface area contributed by atoms with Crippen molar-refractivity contribution in [1.82, 2.24) is 14.3 Å². The molecule has 1 aromatic heterocycles. The molecule has 2 aromatic rings. The van der Waals surface area contributed by atoms with Crippen LogP contribution in [0.25, 0.3) is 0 Å². The van der Waals surface area contributed by atoms with E-state index in [0.717, 1.165) is 11.3 Å². The number of aliphatic hydroxyl groups is 1. The molecule has 0 saturated carbocycles. The normalized spacial score (nSPS) is 14.4. The zero-order valence-corrected chi connectivity index (χ0v) is 14.2. The Morgan fingerprint density at radius 2 is 2.00 bits per heavy atom. The van der Waals surface area contributed by atoms with Crippen LogP contribution in [0, 0.1) is 0 Å². The van der Waals surface area contributed by atoms with Crippen LogP contribution in [0.3, 0.4) is 0 Å². The quantitative estimate of drug-likeness (QED) is 0.774. The molecule has 8 heteroatoms. The predicted molar refractivity (Wildman–Crippen MR) is 85.7 cm³/mol. The maximum Gasteiger partial charge on any atom is 0.259 e. The average Bonchev–Trinajstić information content (AvgIpc) is 2.93. The van der Waals surface area contributed by atoms with Crippen molar-refractivity contribution >= 4 is 10.0 Å². The number of nitrogens with zero attached hydrogens (tertiary/aromatic N) is 2. The van der Waals surface area contributed by atoms with E-state index >= 15 is 0 Å². The molecule has 1 heterocycles. The lowest BCUT2D eigenvalue weighted by atomic mass is 9.97. The monoisotopic (exact) mass is 339 g/mol. The smallest absolute Gasteiger partial charge is 0.259 e. The number of nitrogens with one attached hydrogen (secondary N) is 1. The molecule has 0 aliphatic rings. The molecule has 0 fully saturated rings. The van der Waals surface area contributed by atoms with Crippen molar-refractivity contribution in [3.63, 3.8) is 0 Å². The van der Waals surface area contributed by atoms with Gasteiger partial charge in [-0.1, -0.05) is 12.1 Å². The van der Waals surface area contributed by atoms with Gasteiger partial charge in [0.2, 0.25) is 0 Å². The number of methoxy groups -OCH3 is 1. The standard InChI is InChI=1S/C15H21N3O4S/c1-15(19,8-12-4-6-13(22-3)7-5-12)10-17-23(20,21)14-9-18(2)11-16-14/h4-7,9,11,17,19H,8,10H2,1-3H3/t15-/m0/s1. The largest absolute Gasteiger partial charge is 0.497 e. The lowest BCUT2D eigenvalue weighted by Crippen LogP contribution is -2.42. The summed E-state index contributed by atoms with van der Waals surface area (Å²) in [7, 11) is -0.470. The second kappa shape index (κ2) is 6.69. The van der Waals surface area contributed by atoms with E-state index in [1.165, 1.54) is 12.5 Å². The first-order valence-corrected chi connectivity index (χ1v) is 8.53. The van der Waals surface area contributed by atoms with Gasteiger partial charge >= 0.3 is 0 Å². The topological polar surface area (TPSA) is 93.5 Å². The van der Waals surface area contributed by atoms with Crippen LogP contribution in [0.2, 0.25) is 0 Å². The van der Waals surface area contributed by atoms with Crippen LogP contribution in [0.5, 0.6) is 5.75 Å². The second-order valence-electron chi connectivity index (χ2n) is 5.72.